The molecular weight excluding hydrogens is 300 g/mol. The lowest BCUT2D eigenvalue weighted by molar-refractivity contribution is -0.115. The van der Waals surface area contributed by atoms with Gasteiger partial charge in [0, 0.05) is 11.5 Å². The second-order valence-electron chi connectivity index (χ2n) is 4.67. The normalized spacial score (nSPS) is 11.3. The van der Waals surface area contributed by atoms with Gasteiger partial charge < -0.3 is 10.2 Å². The third-order valence-electron chi connectivity index (χ3n) is 2.81. The van der Waals surface area contributed by atoms with Crippen molar-refractivity contribution in [2.24, 2.45) is 5.16 Å². The zero-order chi connectivity index (χ0) is 15.9. The van der Waals surface area contributed by atoms with Gasteiger partial charge in [-0.25, -0.2) is 4.98 Å². The van der Waals surface area contributed by atoms with Crippen molar-refractivity contribution in [3.63, 3.8) is 0 Å². The van der Waals surface area contributed by atoms with Gasteiger partial charge >= 0.3 is 0 Å². The Morgan fingerprint density at radius 3 is 2.95 bits per heavy atom. The second-order valence-corrected chi connectivity index (χ2v) is 5.42. The molecule has 1 N–H and O–H groups in total. The summed E-state index contributed by atoms with van der Waals surface area (Å²) in [5, 5.41) is 7.27. The van der Waals surface area contributed by atoms with Gasteiger partial charge in [-0.05, 0) is 38.0 Å². The van der Waals surface area contributed by atoms with Gasteiger partial charge in [0.05, 0.1) is 12.1 Å². The molecule has 0 fully saturated rings. The van der Waals surface area contributed by atoms with Crippen LogP contribution < -0.4 is 5.32 Å². The smallest absolute Gasteiger partial charge is 0.230 e. The number of hydrogen-bond acceptors (Lipinski definition) is 6. The number of rotatable bonds is 6. The number of carbonyl (C=O) groups is 1. The third-order valence-corrected chi connectivity index (χ3v) is 3.54. The van der Waals surface area contributed by atoms with Crippen LogP contribution in [0.3, 0.4) is 0 Å². The summed E-state index contributed by atoms with van der Waals surface area (Å²) in [5.74, 6) is 0.540. The van der Waals surface area contributed by atoms with Gasteiger partial charge in [-0.2, -0.15) is 4.37 Å². The number of carbonyl (C=O) groups excluding carboxylic acids is 1. The van der Waals surface area contributed by atoms with Gasteiger partial charge in [0.2, 0.25) is 11.0 Å². The van der Waals surface area contributed by atoms with Crippen LogP contribution in [0.1, 0.15) is 30.8 Å². The molecule has 0 atom stereocenters. The molecule has 1 amide bonds. The molecule has 0 saturated heterocycles. The molecule has 0 bridgehead atoms. The van der Waals surface area contributed by atoms with Crippen molar-refractivity contribution >= 4 is 28.3 Å². The number of anilines is 1. The fraction of sp³-hybridized carbons (Fsp3) is 0.333. The van der Waals surface area contributed by atoms with Crippen LogP contribution in [0, 0.1) is 6.92 Å². The summed E-state index contributed by atoms with van der Waals surface area (Å²) in [4.78, 5) is 21.2. The minimum absolute atomic E-state index is 0.118. The molecule has 0 unspecified atom stereocenters. The maximum Gasteiger partial charge on any atom is 0.230 e. The lowest BCUT2D eigenvalue weighted by Gasteiger charge is -2.05. The van der Waals surface area contributed by atoms with Crippen LogP contribution in [0.25, 0.3) is 0 Å². The molecule has 0 aliphatic heterocycles. The number of amides is 1. The first-order chi connectivity index (χ1) is 10.6. The Morgan fingerprint density at radius 2 is 2.27 bits per heavy atom. The minimum atomic E-state index is -0.118. The first-order valence-electron chi connectivity index (χ1n) is 6.94. The number of oxime groups is 1. The first-order valence-corrected chi connectivity index (χ1v) is 7.72. The van der Waals surface area contributed by atoms with Crippen molar-refractivity contribution in [2.75, 3.05) is 11.9 Å². The Bertz CT molecular complexity index is 682. The van der Waals surface area contributed by atoms with Gasteiger partial charge in [0.25, 0.3) is 0 Å². The predicted molar refractivity (Wildman–Crippen MR) is 87.3 cm³/mol. The van der Waals surface area contributed by atoms with Crippen molar-refractivity contribution in [1.82, 2.24) is 9.36 Å². The van der Waals surface area contributed by atoms with Crippen molar-refractivity contribution in [2.45, 2.75) is 27.2 Å². The topological polar surface area (TPSA) is 76.5 Å². The fourth-order valence-corrected chi connectivity index (χ4v) is 2.41. The average molecular weight is 318 g/mol. The van der Waals surface area contributed by atoms with Crippen LogP contribution in [-0.4, -0.2) is 27.6 Å². The Kier molecular flexibility index (Phi) is 5.60. The number of hydrogen-bond donors (Lipinski definition) is 1. The molecule has 6 nitrogen and oxygen atoms in total. The summed E-state index contributed by atoms with van der Waals surface area (Å²) in [7, 11) is 0. The molecule has 1 heterocycles. The summed E-state index contributed by atoms with van der Waals surface area (Å²) < 4.78 is 4.03. The van der Waals surface area contributed by atoms with E-state index in [0.717, 1.165) is 16.8 Å². The molecule has 22 heavy (non-hydrogen) atoms. The first kappa shape index (κ1) is 16.1. The van der Waals surface area contributed by atoms with E-state index >= 15 is 0 Å². The molecule has 0 saturated carbocycles. The second kappa shape index (κ2) is 7.65. The van der Waals surface area contributed by atoms with E-state index in [2.05, 4.69) is 19.8 Å². The van der Waals surface area contributed by atoms with Crippen LogP contribution in [0.2, 0.25) is 0 Å². The Hall–Kier alpha value is -2.28. The van der Waals surface area contributed by atoms with E-state index in [0.29, 0.717) is 17.6 Å². The quantitative estimate of drug-likeness (QED) is 0.656. The highest BCUT2D eigenvalue weighted by Gasteiger charge is 2.08. The van der Waals surface area contributed by atoms with E-state index in [1.165, 1.54) is 11.5 Å². The molecule has 116 valence electrons. The van der Waals surface area contributed by atoms with Gasteiger partial charge in [-0.3, -0.25) is 4.79 Å². The van der Waals surface area contributed by atoms with Crippen molar-refractivity contribution in [3.05, 3.63) is 41.2 Å². The number of benzene rings is 1. The molecule has 7 heteroatoms. The standard InChI is InChI=1S/C15H18N4O2S/c1-4-21-18-10(2)13-7-5-6-12(8-13)9-14(20)17-15-16-11(3)19-22-15/h5-8H,4,9H2,1-3H3,(H,16,17,19,20). The Balaban J connectivity index is 2.02. The molecule has 1 aromatic carbocycles. The summed E-state index contributed by atoms with van der Waals surface area (Å²) in [6.45, 7) is 6.07. The van der Waals surface area contributed by atoms with E-state index in [9.17, 15) is 4.79 Å². The monoisotopic (exact) mass is 318 g/mol. The van der Waals surface area contributed by atoms with E-state index in [1.54, 1.807) is 6.92 Å². The van der Waals surface area contributed by atoms with Crippen LogP contribution in [0.4, 0.5) is 5.13 Å². The zero-order valence-corrected chi connectivity index (χ0v) is 13.6. The molecular formula is C15H18N4O2S. The maximum atomic E-state index is 12.0. The number of nitrogens with zero attached hydrogens (tertiary/aromatic N) is 3. The molecule has 2 aromatic rings. The lowest BCUT2D eigenvalue weighted by atomic mass is 10.1. The highest BCUT2D eigenvalue weighted by Crippen LogP contribution is 2.12. The summed E-state index contributed by atoms with van der Waals surface area (Å²) in [6, 6.07) is 7.68. The fourth-order valence-electron chi connectivity index (χ4n) is 1.82. The van der Waals surface area contributed by atoms with E-state index in [4.69, 9.17) is 4.84 Å². The van der Waals surface area contributed by atoms with E-state index in [1.807, 2.05) is 38.1 Å². The number of aromatic nitrogens is 2. The minimum Gasteiger partial charge on any atom is -0.396 e. The third kappa shape index (κ3) is 4.63. The number of aryl methyl sites for hydroxylation is 1. The maximum absolute atomic E-state index is 12.0. The van der Waals surface area contributed by atoms with Crippen LogP contribution in [0.15, 0.2) is 29.4 Å². The van der Waals surface area contributed by atoms with Gasteiger partial charge in [0.15, 0.2) is 0 Å². The van der Waals surface area contributed by atoms with Crippen molar-refractivity contribution in [3.8, 4) is 0 Å². The van der Waals surface area contributed by atoms with Crippen molar-refractivity contribution in [1.29, 1.82) is 0 Å². The zero-order valence-electron chi connectivity index (χ0n) is 12.8. The van der Waals surface area contributed by atoms with Gasteiger partial charge in [-0.15, -0.1) is 0 Å². The van der Waals surface area contributed by atoms with E-state index in [-0.39, 0.29) is 12.3 Å². The summed E-state index contributed by atoms with van der Waals surface area (Å²) in [5.41, 5.74) is 2.62. The average Bonchev–Trinajstić information content (AvgIpc) is 2.90. The molecule has 0 spiro atoms. The lowest BCUT2D eigenvalue weighted by Crippen LogP contribution is -2.14. The van der Waals surface area contributed by atoms with Gasteiger partial charge in [-0.1, -0.05) is 23.4 Å². The summed E-state index contributed by atoms with van der Waals surface area (Å²) in [6.07, 6.45) is 0.272. The highest BCUT2D eigenvalue weighted by atomic mass is 32.1. The number of nitrogens with one attached hydrogen (secondary N) is 1. The van der Waals surface area contributed by atoms with E-state index < -0.39 is 0 Å². The largest absolute Gasteiger partial charge is 0.396 e. The SMILES string of the molecule is CCON=C(C)c1cccc(CC(=O)Nc2nc(C)ns2)c1. The molecule has 2 rings (SSSR count). The highest BCUT2D eigenvalue weighted by molar-refractivity contribution is 7.09. The predicted octanol–water partition coefficient (Wildman–Crippen LogP) is 2.79. The molecule has 0 aliphatic rings. The summed E-state index contributed by atoms with van der Waals surface area (Å²) >= 11 is 1.18. The molecule has 1 aromatic heterocycles. The van der Waals surface area contributed by atoms with Crippen LogP contribution in [0.5, 0.6) is 0 Å². The Labute approximate surface area is 133 Å². The van der Waals surface area contributed by atoms with Crippen molar-refractivity contribution < 1.29 is 9.63 Å². The molecule has 0 aliphatic carbocycles. The van der Waals surface area contributed by atoms with Gasteiger partial charge in [0.1, 0.15) is 12.4 Å². The van der Waals surface area contributed by atoms with Crippen LogP contribution in [-0.2, 0) is 16.1 Å². The van der Waals surface area contributed by atoms with Crippen LogP contribution >= 0.6 is 11.5 Å². The molecule has 0 radical (unpaired) electrons. The Morgan fingerprint density at radius 1 is 1.45 bits per heavy atom.